The van der Waals surface area contributed by atoms with Crippen LogP contribution in [-0.4, -0.2) is 37.2 Å². The van der Waals surface area contributed by atoms with Crippen LogP contribution < -0.4 is 11.1 Å². The number of nitrogens with one attached hydrogen (secondary N) is 1. The molecule has 1 atom stereocenters. The van der Waals surface area contributed by atoms with Crippen LogP contribution in [0.15, 0.2) is 18.5 Å². The van der Waals surface area contributed by atoms with Crippen LogP contribution in [0.2, 0.25) is 0 Å². The van der Waals surface area contributed by atoms with E-state index in [1.807, 2.05) is 0 Å². The Hall–Kier alpha value is -1.90. The Labute approximate surface area is 112 Å². The summed E-state index contributed by atoms with van der Waals surface area (Å²) in [5.41, 5.74) is 6.48. The van der Waals surface area contributed by atoms with E-state index in [-0.39, 0.29) is 12.5 Å². The SMILES string of the molecule is NCC#Cc1cnccc1C(=O)NCC1CCOC1. The van der Waals surface area contributed by atoms with Crippen molar-refractivity contribution in [3.8, 4) is 11.8 Å². The fourth-order valence-corrected chi connectivity index (χ4v) is 1.91. The Morgan fingerprint density at radius 3 is 3.26 bits per heavy atom. The maximum Gasteiger partial charge on any atom is 0.252 e. The highest BCUT2D eigenvalue weighted by Gasteiger charge is 2.17. The lowest BCUT2D eigenvalue weighted by molar-refractivity contribution is 0.0944. The second kappa shape index (κ2) is 6.88. The van der Waals surface area contributed by atoms with Crippen molar-refractivity contribution in [2.45, 2.75) is 6.42 Å². The molecule has 1 aromatic heterocycles. The Morgan fingerprint density at radius 1 is 1.63 bits per heavy atom. The number of amides is 1. The van der Waals surface area contributed by atoms with Crippen molar-refractivity contribution in [3.63, 3.8) is 0 Å². The molecule has 1 saturated heterocycles. The third-order valence-electron chi connectivity index (χ3n) is 2.97. The average molecular weight is 259 g/mol. The van der Waals surface area contributed by atoms with Crippen LogP contribution in [0.4, 0.5) is 0 Å². The normalized spacial score (nSPS) is 17.6. The smallest absolute Gasteiger partial charge is 0.252 e. The number of rotatable bonds is 3. The van der Waals surface area contributed by atoms with Gasteiger partial charge in [-0.1, -0.05) is 11.8 Å². The van der Waals surface area contributed by atoms with E-state index >= 15 is 0 Å². The number of ether oxygens (including phenoxy) is 1. The summed E-state index contributed by atoms with van der Waals surface area (Å²) < 4.78 is 5.27. The summed E-state index contributed by atoms with van der Waals surface area (Å²) in [7, 11) is 0. The fraction of sp³-hybridized carbons (Fsp3) is 0.429. The predicted octanol–water partition coefficient (Wildman–Crippen LogP) is 0.158. The molecule has 1 amide bonds. The molecule has 0 spiro atoms. The quantitative estimate of drug-likeness (QED) is 0.758. The first-order valence-electron chi connectivity index (χ1n) is 6.30. The van der Waals surface area contributed by atoms with Gasteiger partial charge in [0, 0.05) is 31.5 Å². The van der Waals surface area contributed by atoms with Crippen molar-refractivity contribution in [1.29, 1.82) is 0 Å². The van der Waals surface area contributed by atoms with Crippen molar-refractivity contribution in [2.24, 2.45) is 11.7 Å². The molecule has 1 aliphatic rings. The van der Waals surface area contributed by atoms with Gasteiger partial charge in [-0.2, -0.15) is 0 Å². The van der Waals surface area contributed by atoms with Crippen LogP contribution in [0.3, 0.4) is 0 Å². The molecule has 0 aliphatic carbocycles. The number of carbonyl (C=O) groups is 1. The van der Waals surface area contributed by atoms with Crippen molar-refractivity contribution in [3.05, 3.63) is 29.6 Å². The van der Waals surface area contributed by atoms with Gasteiger partial charge in [0.05, 0.1) is 24.3 Å². The molecule has 0 aromatic carbocycles. The lowest BCUT2D eigenvalue weighted by Gasteiger charge is -2.10. The van der Waals surface area contributed by atoms with E-state index < -0.39 is 0 Å². The Morgan fingerprint density at radius 2 is 2.53 bits per heavy atom. The molecule has 5 heteroatoms. The van der Waals surface area contributed by atoms with Crippen LogP contribution in [0.1, 0.15) is 22.3 Å². The molecule has 1 aromatic rings. The standard InChI is InChI=1S/C14H17N3O2/c15-5-1-2-12-9-16-6-3-13(12)14(18)17-8-11-4-7-19-10-11/h3,6,9,11H,4-5,7-8,10,15H2,(H,17,18). The summed E-state index contributed by atoms with van der Waals surface area (Å²) in [4.78, 5) is 16.1. The third kappa shape index (κ3) is 3.78. The van der Waals surface area contributed by atoms with E-state index in [1.54, 1.807) is 18.5 Å². The first-order valence-corrected chi connectivity index (χ1v) is 6.30. The van der Waals surface area contributed by atoms with E-state index in [2.05, 4.69) is 22.1 Å². The molecule has 0 radical (unpaired) electrons. The topological polar surface area (TPSA) is 77.2 Å². The molecule has 1 aliphatic heterocycles. The Kier molecular flexibility index (Phi) is 4.90. The number of hydrogen-bond acceptors (Lipinski definition) is 4. The summed E-state index contributed by atoms with van der Waals surface area (Å²) in [6, 6.07) is 1.67. The van der Waals surface area contributed by atoms with Gasteiger partial charge >= 0.3 is 0 Å². The zero-order valence-electron chi connectivity index (χ0n) is 10.7. The summed E-state index contributed by atoms with van der Waals surface area (Å²) in [6.07, 6.45) is 4.16. The molecule has 0 saturated carbocycles. The summed E-state index contributed by atoms with van der Waals surface area (Å²) >= 11 is 0. The average Bonchev–Trinajstić information content (AvgIpc) is 2.96. The highest BCUT2D eigenvalue weighted by atomic mass is 16.5. The first kappa shape index (κ1) is 13.5. The van der Waals surface area contributed by atoms with Gasteiger partial charge in [0.1, 0.15) is 0 Å². The molecular weight excluding hydrogens is 242 g/mol. The predicted molar refractivity (Wildman–Crippen MR) is 71.4 cm³/mol. The maximum atomic E-state index is 12.1. The molecule has 3 N–H and O–H groups in total. The highest BCUT2D eigenvalue weighted by Crippen LogP contribution is 2.11. The highest BCUT2D eigenvalue weighted by molar-refractivity contribution is 5.96. The molecule has 1 unspecified atom stereocenters. The van der Waals surface area contributed by atoms with Gasteiger partial charge in [-0.05, 0) is 12.5 Å². The molecule has 2 rings (SSSR count). The molecule has 0 bridgehead atoms. The van der Waals surface area contributed by atoms with Crippen molar-refractivity contribution >= 4 is 5.91 Å². The van der Waals surface area contributed by atoms with Gasteiger partial charge in [0.2, 0.25) is 0 Å². The van der Waals surface area contributed by atoms with Crippen LogP contribution in [-0.2, 0) is 4.74 Å². The van der Waals surface area contributed by atoms with Crippen LogP contribution in [0.5, 0.6) is 0 Å². The Balaban J connectivity index is 2.01. The minimum Gasteiger partial charge on any atom is -0.381 e. The Bertz CT molecular complexity index is 499. The number of hydrogen-bond donors (Lipinski definition) is 2. The monoisotopic (exact) mass is 259 g/mol. The van der Waals surface area contributed by atoms with Gasteiger partial charge in [0.15, 0.2) is 0 Å². The molecule has 19 heavy (non-hydrogen) atoms. The second-order valence-corrected chi connectivity index (χ2v) is 4.37. The zero-order valence-corrected chi connectivity index (χ0v) is 10.7. The van der Waals surface area contributed by atoms with Gasteiger partial charge in [0.25, 0.3) is 5.91 Å². The van der Waals surface area contributed by atoms with Gasteiger partial charge < -0.3 is 15.8 Å². The van der Waals surface area contributed by atoms with Crippen LogP contribution >= 0.6 is 0 Å². The van der Waals surface area contributed by atoms with Crippen LogP contribution in [0.25, 0.3) is 0 Å². The molecule has 100 valence electrons. The third-order valence-corrected chi connectivity index (χ3v) is 2.97. The second-order valence-electron chi connectivity index (χ2n) is 4.37. The minimum absolute atomic E-state index is 0.129. The number of pyridine rings is 1. The van der Waals surface area contributed by atoms with Crippen LogP contribution in [0, 0.1) is 17.8 Å². The number of carbonyl (C=O) groups excluding carboxylic acids is 1. The van der Waals surface area contributed by atoms with E-state index in [9.17, 15) is 4.79 Å². The van der Waals surface area contributed by atoms with Gasteiger partial charge in [-0.15, -0.1) is 0 Å². The van der Waals surface area contributed by atoms with Gasteiger partial charge in [-0.25, -0.2) is 0 Å². The zero-order chi connectivity index (χ0) is 13.5. The largest absolute Gasteiger partial charge is 0.381 e. The van der Waals surface area contributed by atoms with Crippen molar-refractivity contribution in [2.75, 3.05) is 26.3 Å². The number of aromatic nitrogens is 1. The summed E-state index contributed by atoms with van der Waals surface area (Å²) in [5.74, 6) is 5.87. The number of nitrogens with zero attached hydrogens (tertiary/aromatic N) is 1. The van der Waals surface area contributed by atoms with Crippen molar-refractivity contribution < 1.29 is 9.53 Å². The van der Waals surface area contributed by atoms with E-state index in [0.717, 1.165) is 19.6 Å². The summed E-state index contributed by atoms with van der Waals surface area (Å²) in [6.45, 7) is 2.39. The lowest BCUT2D eigenvalue weighted by Crippen LogP contribution is -2.30. The lowest BCUT2D eigenvalue weighted by atomic mass is 10.1. The van der Waals surface area contributed by atoms with Gasteiger partial charge in [-0.3, -0.25) is 9.78 Å². The molecular formula is C14H17N3O2. The van der Waals surface area contributed by atoms with E-state index in [0.29, 0.717) is 23.6 Å². The fourth-order valence-electron chi connectivity index (χ4n) is 1.91. The van der Waals surface area contributed by atoms with E-state index in [4.69, 9.17) is 10.5 Å². The first-order chi connectivity index (χ1) is 9.31. The van der Waals surface area contributed by atoms with E-state index in [1.165, 1.54) is 0 Å². The number of nitrogens with two attached hydrogens (primary N) is 1. The maximum absolute atomic E-state index is 12.1. The molecule has 5 nitrogen and oxygen atoms in total. The molecule has 1 fully saturated rings. The summed E-state index contributed by atoms with van der Waals surface area (Å²) in [5, 5.41) is 2.91. The minimum atomic E-state index is -0.129. The van der Waals surface area contributed by atoms with Crippen molar-refractivity contribution in [1.82, 2.24) is 10.3 Å². The molecule has 2 heterocycles.